The number of fused-ring (bicyclic) bond motifs is 1. The number of aliphatic hydroxyl groups excluding tert-OH is 1. The highest BCUT2D eigenvalue weighted by atomic mass is 19.1. The summed E-state index contributed by atoms with van der Waals surface area (Å²) in [6.07, 6.45) is 2.60. The van der Waals surface area contributed by atoms with Crippen LogP contribution in [0.25, 0.3) is 5.65 Å². The van der Waals surface area contributed by atoms with Gasteiger partial charge in [-0.2, -0.15) is 9.61 Å². The molecule has 6 heteroatoms. The van der Waals surface area contributed by atoms with Crippen molar-refractivity contribution < 1.29 is 9.50 Å². The maximum Gasteiger partial charge on any atom is 0.157 e. The number of hydrogen-bond donors (Lipinski definition) is 2. The molecular formula is C17H19FN4O. The van der Waals surface area contributed by atoms with Crippen LogP contribution in [0.15, 0.2) is 42.6 Å². The summed E-state index contributed by atoms with van der Waals surface area (Å²) < 4.78 is 15.4. The Morgan fingerprint density at radius 1 is 1.30 bits per heavy atom. The molecule has 0 amide bonds. The number of hydrogen-bond acceptors (Lipinski definition) is 4. The highest BCUT2D eigenvalue weighted by Gasteiger charge is 2.13. The molecule has 3 aromatic rings. The number of anilines is 1. The summed E-state index contributed by atoms with van der Waals surface area (Å²) in [4.78, 5) is 4.52. The van der Waals surface area contributed by atoms with Gasteiger partial charge in [-0.15, -0.1) is 0 Å². The molecule has 0 saturated carbocycles. The lowest BCUT2D eigenvalue weighted by Gasteiger charge is -2.15. The fraction of sp³-hybridized carbons (Fsp3) is 0.294. The smallest absolute Gasteiger partial charge is 0.157 e. The average molecular weight is 314 g/mol. The van der Waals surface area contributed by atoms with Crippen molar-refractivity contribution in [2.45, 2.75) is 25.9 Å². The predicted octanol–water partition coefficient (Wildman–Crippen LogP) is 2.97. The maximum absolute atomic E-state index is 13.7. The van der Waals surface area contributed by atoms with E-state index in [1.54, 1.807) is 28.9 Å². The second-order valence-corrected chi connectivity index (χ2v) is 5.40. The third kappa shape index (κ3) is 3.32. The standard InChI is InChI=1S/C17H19FN4O/c1-2-5-12-10-17(22-16(21-12)8-9-20-22)19-11-15(23)13-6-3-4-7-14(13)18/h3-4,6-10,15,19,23H,2,5,11H2,1H3. The van der Waals surface area contributed by atoms with Gasteiger partial charge in [-0.1, -0.05) is 31.5 Å². The Hall–Kier alpha value is -2.47. The lowest BCUT2D eigenvalue weighted by atomic mass is 10.1. The predicted molar refractivity (Wildman–Crippen MR) is 86.8 cm³/mol. The second-order valence-electron chi connectivity index (χ2n) is 5.40. The highest BCUT2D eigenvalue weighted by Crippen LogP contribution is 2.19. The normalized spacial score (nSPS) is 12.5. The number of nitrogens with zero attached hydrogens (tertiary/aromatic N) is 3. The molecule has 0 aliphatic carbocycles. The van der Waals surface area contributed by atoms with E-state index < -0.39 is 11.9 Å². The minimum absolute atomic E-state index is 0.186. The topological polar surface area (TPSA) is 62.5 Å². The van der Waals surface area contributed by atoms with Crippen molar-refractivity contribution in [1.29, 1.82) is 0 Å². The van der Waals surface area contributed by atoms with Crippen molar-refractivity contribution in [3.8, 4) is 0 Å². The molecule has 3 rings (SSSR count). The lowest BCUT2D eigenvalue weighted by Crippen LogP contribution is -2.16. The van der Waals surface area contributed by atoms with Crippen LogP contribution in [0.1, 0.15) is 30.7 Å². The van der Waals surface area contributed by atoms with E-state index in [0.717, 1.165) is 30.0 Å². The Balaban J connectivity index is 1.81. The van der Waals surface area contributed by atoms with Gasteiger partial charge in [0.2, 0.25) is 0 Å². The number of nitrogens with one attached hydrogen (secondary N) is 1. The number of aromatic nitrogens is 3. The second kappa shape index (κ2) is 6.75. The van der Waals surface area contributed by atoms with Crippen LogP contribution in [-0.2, 0) is 6.42 Å². The summed E-state index contributed by atoms with van der Waals surface area (Å²) in [6, 6.07) is 9.98. The van der Waals surface area contributed by atoms with E-state index in [1.807, 2.05) is 12.1 Å². The van der Waals surface area contributed by atoms with Crippen LogP contribution < -0.4 is 5.32 Å². The molecule has 0 radical (unpaired) electrons. The third-order valence-corrected chi connectivity index (χ3v) is 3.66. The molecule has 0 aliphatic heterocycles. The number of rotatable bonds is 6. The molecular weight excluding hydrogens is 295 g/mol. The van der Waals surface area contributed by atoms with Crippen LogP contribution in [0, 0.1) is 5.82 Å². The summed E-state index contributed by atoms with van der Waals surface area (Å²) in [7, 11) is 0. The van der Waals surface area contributed by atoms with Crippen molar-refractivity contribution in [3.05, 3.63) is 59.7 Å². The molecule has 0 bridgehead atoms. The molecule has 0 spiro atoms. The fourth-order valence-corrected chi connectivity index (χ4v) is 2.53. The number of aryl methyl sites for hydroxylation is 1. The van der Waals surface area contributed by atoms with E-state index >= 15 is 0 Å². The molecule has 23 heavy (non-hydrogen) atoms. The molecule has 2 heterocycles. The molecule has 0 fully saturated rings. The average Bonchev–Trinajstić information content (AvgIpc) is 3.01. The largest absolute Gasteiger partial charge is 0.386 e. The lowest BCUT2D eigenvalue weighted by molar-refractivity contribution is 0.186. The Morgan fingerprint density at radius 3 is 2.91 bits per heavy atom. The van der Waals surface area contributed by atoms with Gasteiger partial charge in [-0.25, -0.2) is 9.37 Å². The summed E-state index contributed by atoms with van der Waals surface area (Å²) in [6.45, 7) is 2.28. The van der Waals surface area contributed by atoms with Gasteiger partial charge < -0.3 is 10.4 Å². The first kappa shape index (κ1) is 15.4. The molecule has 1 atom stereocenters. The van der Waals surface area contributed by atoms with Crippen molar-refractivity contribution in [3.63, 3.8) is 0 Å². The van der Waals surface area contributed by atoms with Crippen molar-refractivity contribution in [1.82, 2.24) is 14.6 Å². The van der Waals surface area contributed by atoms with Crippen LogP contribution in [0.5, 0.6) is 0 Å². The zero-order valence-electron chi connectivity index (χ0n) is 12.9. The van der Waals surface area contributed by atoms with Crippen LogP contribution in [-0.4, -0.2) is 26.2 Å². The molecule has 1 unspecified atom stereocenters. The Bertz CT molecular complexity index is 802. The first-order chi connectivity index (χ1) is 11.2. The van der Waals surface area contributed by atoms with Crippen molar-refractivity contribution in [2.75, 3.05) is 11.9 Å². The molecule has 2 aromatic heterocycles. The van der Waals surface area contributed by atoms with Crippen molar-refractivity contribution >= 4 is 11.5 Å². The Morgan fingerprint density at radius 2 is 2.13 bits per heavy atom. The van der Waals surface area contributed by atoms with Gasteiger partial charge in [0, 0.05) is 29.9 Å². The monoisotopic (exact) mass is 314 g/mol. The Labute approximate surface area is 133 Å². The van der Waals surface area contributed by atoms with Gasteiger partial charge >= 0.3 is 0 Å². The van der Waals surface area contributed by atoms with E-state index in [2.05, 4.69) is 22.3 Å². The first-order valence-electron chi connectivity index (χ1n) is 7.69. The van der Waals surface area contributed by atoms with Crippen molar-refractivity contribution in [2.24, 2.45) is 0 Å². The molecule has 0 saturated heterocycles. The molecule has 2 N–H and O–H groups in total. The summed E-state index contributed by atoms with van der Waals surface area (Å²) >= 11 is 0. The molecule has 5 nitrogen and oxygen atoms in total. The minimum atomic E-state index is -0.940. The van der Waals surface area contributed by atoms with E-state index in [4.69, 9.17) is 0 Å². The van der Waals surface area contributed by atoms with E-state index in [9.17, 15) is 9.50 Å². The molecule has 1 aromatic carbocycles. The Kier molecular flexibility index (Phi) is 4.52. The number of benzene rings is 1. The first-order valence-corrected chi connectivity index (χ1v) is 7.69. The quantitative estimate of drug-likeness (QED) is 0.734. The number of aliphatic hydroxyl groups is 1. The van der Waals surface area contributed by atoms with Crippen LogP contribution in [0.3, 0.4) is 0 Å². The van der Waals surface area contributed by atoms with Crippen LogP contribution in [0.2, 0.25) is 0 Å². The van der Waals surface area contributed by atoms with Crippen LogP contribution in [0.4, 0.5) is 10.2 Å². The fourth-order valence-electron chi connectivity index (χ4n) is 2.53. The third-order valence-electron chi connectivity index (χ3n) is 3.66. The van der Waals surface area contributed by atoms with Gasteiger partial charge in [0.1, 0.15) is 11.6 Å². The molecule has 0 aliphatic rings. The highest BCUT2D eigenvalue weighted by molar-refractivity contribution is 5.49. The molecule has 120 valence electrons. The SMILES string of the molecule is CCCc1cc(NCC(O)c2ccccc2F)n2nccc2n1. The summed E-state index contributed by atoms with van der Waals surface area (Å²) in [5.41, 5.74) is 1.99. The maximum atomic E-state index is 13.7. The summed E-state index contributed by atoms with van der Waals surface area (Å²) in [5, 5.41) is 17.6. The van der Waals surface area contributed by atoms with Gasteiger partial charge in [0.15, 0.2) is 5.65 Å². The van der Waals surface area contributed by atoms with Crippen LogP contribution >= 0.6 is 0 Å². The van der Waals surface area contributed by atoms with Gasteiger partial charge in [-0.05, 0) is 12.5 Å². The number of halogens is 1. The van der Waals surface area contributed by atoms with Gasteiger partial charge in [0.25, 0.3) is 0 Å². The van der Waals surface area contributed by atoms with E-state index in [-0.39, 0.29) is 12.1 Å². The van der Waals surface area contributed by atoms with Gasteiger partial charge in [-0.3, -0.25) is 0 Å². The van der Waals surface area contributed by atoms with E-state index in [0.29, 0.717) is 0 Å². The zero-order valence-corrected chi connectivity index (χ0v) is 12.9. The minimum Gasteiger partial charge on any atom is -0.386 e. The summed E-state index contributed by atoms with van der Waals surface area (Å²) in [5.74, 6) is 0.325. The van der Waals surface area contributed by atoms with E-state index in [1.165, 1.54) is 6.07 Å². The zero-order chi connectivity index (χ0) is 16.2. The van der Waals surface area contributed by atoms with Gasteiger partial charge in [0.05, 0.1) is 12.3 Å².